The molecular weight excluding hydrogens is 348 g/mol. The lowest BCUT2D eigenvalue weighted by atomic mass is 10.0. The van der Waals surface area contributed by atoms with Crippen molar-refractivity contribution in [3.63, 3.8) is 0 Å². The van der Waals surface area contributed by atoms with E-state index >= 15 is 0 Å². The highest BCUT2D eigenvalue weighted by Gasteiger charge is 2.31. The number of hydrogen-bond donors (Lipinski definition) is 0. The molecule has 140 valence electrons. The quantitative estimate of drug-likeness (QED) is 0.820. The van der Waals surface area contributed by atoms with Gasteiger partial charge in [-0.05, 0) is 33.4 Å². The summed E-state index contributed by atoms with van der Waals surface area (Å²) in [5.74, 6) is 0.170. The molecule has 0 aliphatic carbocycles. The molecule has 1 aliphatic heterocycles. The lowest BCUT2D eigenvalue weighted by Crippen LogP contribution is -2.49. The average molecular weight is 375 g/mol. The van der Waals surface area contributed by atoms with Gasteiger partial charge in [0.05, 0.1) is 28.5 Å². The molecule has 1 aromatic heterocycles. The monoisotopic (exact) mass is 374 g/mol. The summed E-state index contributed by atoms with van der Waals surface area (Å²) in [7, 11) is 2.11. The molecular formula is C20H27ClN4O. The minimum absolute atomic E-state index is 0.0234. The third kappa shape index (κ3) is 3.79. The third-order valence-electron chi connectivity index (χ3n) is 5.21. The Labute approximate surface area is 160 Å². The fraction of sp³-hybridized carbons (Fsp3) is 0.500. The van der Waals surface area contributed by atoms with Crippen LogP contribution in [0.25, 0.3) is 0 Å². The van der Waals surface area contributed by atoms with Crippen molar-refractivity contribution in [2.24, 2.45) is 0 Å². The summed E-state index contributed by atoms with van der Waals surface area (Å²) in [6.07, 6.45) is 0.422. The maximum absolute atomic E-state index is 13.1. The number of halogens is 1. The molecule has 1 aromatic carbocycles. The fourth-order valence-corrected chi connectivity index (χ4v) is 3.83. The van der Waals surface area contributed by atoms with Crippen molar-refractivity contribution >= 4 is 17.5 Å². The number of rotatable bonds is 4. The van der Waals surface area contributed by atoms with Gasteiger partial charge in [-0.2, -0.15) is 5.10 Å². The highest BCUT2D eigenvalue weighted by atomic mass is 35.5. The van der Waals surface area contributed by atoms with Crippen LogP contribution >= 0.6 is 11.6 Å². The molecule has 0 radical (unpaired) electrons. The van der Waals surface area contributed by atoms with Crippen LogP contribution in [0.5, 0.6) is 0 Å². The van der Waals surface area contributed by atoms with Crippen LogP contribution in [-0.2, 0) is 4.79 Å². The number of carbonyl (C=O) groups excluding carboxylic acids is 1. The Morgan fingerprint density at radius 3 is 2.58 bits per heavy atom. The van der Waals surface area contributed by atoms with Crippen LogP contribution in [0.15, 0.2) is 30.3 Å². The van der Waals surface area contributed by atoms with E-state index in [1.807, 2.05) is 48.6 Å². The van der Waals surface area contributed by atoms with Crippen LogP contribution in [0.3, 0.4) is 0 Å². The number of amides is 1. The summed E-state index contributed by atoms with van der Waals surface area (Å²) >= 11 is 6.26. The van der Waals surface area contributed by atoms with Crippen molar-refractivity contribution in [3.8, 4) is 0 Å². The number of piperazine rings is 1. The van der Waals surface area contributed by atoms with Crippen LogP contribution in [0, 0.1) is 13.8 Å². The molecule has 26 heavy (non-hydrogen) atoms. The van der Waals surface area contributed by atoms with Gasteiger partial charge in [0.25, 0.3) is 0 Å². The molecule has 2 aromatic rings. The van der Waals surface area contributed by atoms with E-state index in [9.17, 15) is 4.79 Å². The van der Waals surface area contributed by atoms with E-state index in [1.54, 1.807) is 0 Å². The van der Waals surface area contributed by atoms with Crippen molar-refractivity contribution in [1.82, 2.24) is 19.6 Å². The molecule has 0 N–H and O–H groups in total. The molecule has 1 amide bonds. The van der Waals surface area contributed by atoms with E-state index in [0.29, 0.717) is 11.4 Å². The van der Waals surface area contributed by atoms with Gasteiger partial charge in [0.15, 0.2) is 0 Å². The summed E-state index contributed by atoms with van der Waals surface area (Å²) in [6.45, 7) is 8.38. The number of nitrogens with zero attached hydrogens (tertiary/aromatic N) is 4. The molecule has 0 spiro atoms. The first kappa shape index (κ1) is 18.9. The topological polar surface area (TPSA) is 41.4 Å². The predicted octanol–water partition coefficient (Wildman–Crippen LogP) is 3.62. The molecule has 3 rings (SSSR count). The van der Waals surface area contributed by atoms with Crippen LogP contribution in [0.4, 0.5) is 0 Å². The van der Waals surface area contributed by atoms with E-state index < -0.39 is 0 Å². The van der Waals surface area contributed by atoms with E-state index in [4.69, 9.17) is 11.6 Å². The average Bonchev–Trinajstić information content (AvgIpc) is 2.89. The van der Waals surface area contributed by atoms with Gasteiger partial charge in [-0.1, -0.05) is 41.9 Å². The minimum atomic E-state index is -0.0234. The molecule has 1 fully saturated rings. The van der Waals surface area contributed by atoms with Gasteiger partial charge in [-0.3, -0.25) is 9.48 Å². The van der Waals surface area contributed by atoms with Gasteiger partial charge < -0.3 is 9.80 Å². The molecule has 6 heteroatoms. The zero-order chi connectivity index (χ0) is 18.8. The van der Waals surface area contributed by atoms with Crippen molar-refractivity contribution in [3.05, 3.63) is 52.3 Å². The smallest absolute Gasteiger partial charge is 0.225 e. The third-order valence-corrected chi connectivity index (χ3v) is 5.76. The van der Waals surface area contributed by atoms with Gasteiger partial charge in [0, 0.05) is 26.1 Å². The van der Waals surface area contributed by atoms with Gasteiger partial charge in [-0.25, -0.2) is 0 Å². The van der Waals surface area contributed by atoms with E-state index in [1.165, 1.54) is 5.56 Å². The molecule has 0 unspecified atom stereocenters. The van der Waals surface area contributed by atoms with Crippen LogP contribution in [-0.4, -0.2) is 52.2 Å². The minimum Gasteiger partial charge on any atom is -0.333 e. The predicted molar refractivity (Wildman–Crippen MR) is 104 cm³/mol. The molecule has 0 saturated carbocycles. The Morgan fingerprint density at radius 1 is 1.27 bits per heavy atom. The second-order valence-corrected chi connectivity index (χ2v) is 7.64. The maximum atomic E-state index is 13.1. The Morgan fingerprint density at radius 2 is 1.96 bits per heavy atom. The molecule has 2 atom stereocenters. The molecule has 2 heterocycles. The van der Waals surface area contributed by atoms with Crippen LogP contribution in [0.2, 0.25) is 5.02 Å². The Bertz CT molecular complexity index is 774. The van der Waals surface area contributed by atoms with Crippen molar-refractivity contribution in [2.75, 3.05) is 26.7 Å². The maximum Gasteiger partial charge on any atom is 0.225 e. The van der Waals surface area contributed by atoms with E-state index in [-0.39, 0.29) is 18.0 Å². The normalized spacial score (nSPS) is 19.6. The number of likely N-dealkylation sites (N-methyl/N-ethyl adjacent to an activating group) is 1. The number of hydrogen-bond acceptors (Lipinski definition) is 3. The number of benzene rings is 1. The molecule has 5 nitrogen and oxygen atoms in total. The first-order valence-electron chi connectivity index (χ1n) is 9.12. The summed E-state index contributed by atoms with van der Waals surface area (Å²) < 4.78 is 1.88. The first-order chi connectivity index (χ1) is 12.4. The van der Waals surface area contributed by atoms with Crippen molar-refractivity contribution in [1.29, 1.82) is 0 Å². The molecule has 1 aliphatic rings. The van der Waals surface area contributed by atoms with Crippen LogP contribution < -0.4 is 0 Å². The van der Waals surface area contributed by atoms with Gasteiger partial charge in [0.1, 0.15) is 0 Å². The Hall–Kier alpha value is -1.85. The van der Waals surface area contributed by atoms with E-state index in [2.05, 4.69) is 29.2 Å². The highest BCUT2D eigenvalue weighted by molar-refractivity contribution is 6.31. The zero-order valence-corrected chi connectivity index (χ0v) is 16.7. The summed E-state index contributed by atoms with van der Waals surface area (Å²) in [6, 6.07) is 10.4. The van der Waals surface area contributed by atoms with Gasteiger partial charge in [0.2, 0.25) is 5.91 Å². The summed E-state index contributed by atoms with van der Waals surface area (Å²) in [4.78, 5) is 17.4. The SMILES string of the molecule is Cc1nn([C@H](C)CC(=O)N2CCN(C)C[C@H]2c2ccccc2)c(C)c1Cl. The van der Waals surface area contributed by atoms with Crippen molar-refractivity contribution in [2.45, 2.75) is 39.3 Å². The van der Waals surface area contributed by atoms with Crippen molar-refractivity contribution < 1.29 is 4.79 Å². The Balaban J connectivity index is 1.77. The first-order valence-corrected chi connectivity index (χ1v) is 9.50. The second-order valence-electron chi connectivity index (χ2n) is 7.26. The number of aromatic nitrogens is 2. The lowest BCUT2D eigenvalue weighted by Gasteiger charge is -2.40. The van der Waals surface area contributed by atoms with E-state index in [0.717, 1.165) is 31.0 Å². The lowest BCUT2D eigenvalue weighted by molar-refractivity contribution is -0.137. The van der Waals surface area contributed by atoms with Gasteiger partial charge >= 0.3 is 0 Å². The highest BCUT2D eigenvalue weighted by Crippen LogP contribution is 2.28. The second kappa shape index (κ2) is 7.80. The number of carbonyl (C=O) groups is 1. The summed E-state index contributed by atoms with van der Waals surface area (Å²) in [5, 5.41) is 5.19. The summed E-state index contributed by atoms with van der Waals surface area (Å²) in [5.41, 5.74) is 2.92. The Kier molecular flexibility index (Phi) is 5.68. The number of aryl methyl sites for hydroxylation is 1. The fourth-order valence-electron chi connectivity index (χ4n) is 3.71. The largest absolute Gasteiger partial charge is 0.333 e. The molecule has 0 bridgehead atoms. The standard InChI is InChI=1S/C20H27ClN4O/c1-14(25-16(3)20(21)15(2)22-25)12-19(26)24-11-10-23(4)13-18(24)17-8-6-5-7-9-17/h5-9,14,18H,10-13H2,1-4H3/t14-,18+/m1/s1. The van der Waals surface area contributed by atoms with Gasteiger partial charge in [-0.15, -0.1) is 0 Å². The zero-order valence-electron chi connectivity index (χ0n) is 15.9. The van der Waals surface area contributed by atoms with Crippen LogP contribution in [0.1, 0.15) is 42.4 Å². The molecule has 1 saturated heterocycles.